The third-order valence-electron chi connectivity index (χ3n) is 3.89. The van der Waals surface area contributed by atoms with Crippen LogP contribution in [-0.2, 0) is 4.79 Å². The number of anilines is 1. The largest absolute Gasteiger partial charge is 0.387 e. The van der Waals surface area contributed by atoms with Gasteiger partial charge in [0.15, 0.2) is 5.13 Å². The van der Waals surface area contributed by atoms with E-state index in [1.807, 2.05) is 0 Å². The van der Waals surface area contributed by atoms with Crippen LogP contribution in [0, 0.1) is 5.41 Å². The van der Waals surface area contributed by atoms with Crippen LogP contribution in [0.25, 0.3) is 0 Å². The summed E-state index contributed by atoms with van der Waals surface area (Å²) in [6.07, 6.45) is 4.52. The summed E-state index contributed by atoms with van der Waals surface area (Å²) >= 11 is 1.37. The van der Waals surface area contributed by atoms with Crippen molar-refractivity contribution in [3.05, 3.63) is 11.1 Å². The van der Waals surface area contributed by atoms with Crippen molar-refractivity contribution in [1.82, 2.24) is 4.98 Å². The van der Waals surface area contributed by atoms with Crippen molar-refractivity contribution >= 4 is 22.4 Å². The lowest BCUT2D eigenvalue weighted by molar-refractivity contribution is -0.125. The van der Waals surface area contributed by atoms with Gasteiger partial charge in [-0.05, 0) is 26.2 Å². The molecule has 2 rings (SSSR count). The normalized spacial score (nSPS) is 19.7. The molecule has 18 heavy (non-hydrogen) atoms. The highest BCUT2D eigenvalue weighted by molar-refractivity contribution is 7.13. The van der Waals surface area contributed by atoms with Gasteiger partial charge in [0, 0.05) is 10.8 Å². The molecule has 0 spiro atoms. The van der Waals surface area contributed by atoms with Crippen LogP contribution in [0.5, 0.6) is 0 Å². The minimum Gasteiger partial charge on any atom is -0.387 e. The van der Waals surface area contributed by atoms with E-state index in [1.54, 1.807) is 12.3 Å². The summed E-state index contributed by atoms with van der Waals surface area (Å²) in [7, 11) is 0. The second-order valence-electron chi connectivity index (χ2n) is 5.05. The lowest BCUT2D eigenvalue weighted by Gasteiger charge is -2.25. The summed E-state index contributed by atoms with van der Waals surface area (Å²) in [5.74, 6) is 0.0917. The Bertz CT molecular complexity index is 422. The molecule has 0 aliphatic heterocycles. The fourth-order valence-electron chi connectivity index (χ4n) is 2.56. The summed E-state index contributed by atoms with van der Waals surface area (Å²) in [5, 5.41) is 14.7. The highest BCUT2D eigenvalue weighted by Crippen LogP contribution is 2.42. The number of aromatic nitrogens is 1. The van der Waals surface area contributed by atoms with Crippen molar-refractivity contribution < 1.29 is 9.90 Å². The average Bonchev–Trinajstić information content (AvgIpc) is 2.97. The third kappa shape index (κ3) is 2.57. The molecule has 0 saturated heterocycles. The number of carbonyl (C=O) groups excluding carboxylic acids is 1. The minimum atomic E-state index is -0.585. The number of thiazole rings is 1. The Morgan fingerprint density at radius 3 is 2.78 bits per heavy atom. The zero-order valence-electron chi connectivity index (χ0n) is 10.9. The average molecular weight is 268 g/mol. The zero-order valence-corrected chi connectivity index (χ0v) is 11.7. The molecule has 1 saturated carbocycles. The van der Waals surface area contributed by atoms with Gasteiger partial charge in [-0.15, -0.1) is 11.3 Å². The Balaban J connectivity index is 2.06. The number of aliphatic hydroxyl groups excluding tert-OH is 1. The molecule has 1 aromatic heterocycles. The number of amides is 1. The van der Waals surface area contributed by atoms with E-state index in [9.17, 15) is 9.90 Å². The quantitative estimate of drug-likeness (QED) is 0.882. The number of hydrogen-bond acceptors (Lipinski definition) is 4. The van der Waals surface area contributed by atoms with Crippen LogP contribution >= 0.6 is 11.3 Å². The number of hydrogen-bond donors (Lipinski definition) is 2. The first-order chi connectivity index (χ1) is 8.57. The predicted octanol–water partition coefficient (Wildman–Crippen LogP) is 3.11. The molecule has 0 bridgehead atoms. The van der Waals surface area contributed by atoms with Gasteiger partial charge < -0.3 is 10.4 Å². The van der Waals surface area contributed by atoms with E-state index in [4.69, 9.17) is 0 Å². The molecule has 1 amide bonds. The molecule has 1 unspecified atom stereocenters. The van der Waals surface area contributed by atoms with Gasteiger partial charge in [0.1, 0.15) is 0 Å². The topological polar surface area (TPSA) is 62.2 Å². The number of carbonyl (C=O) groups is 1. The molecule has 100 valence electrons. The van der Waals surface area contributed by atoms with E-state index >= 15 is 0 Å². The number of aliphatic hydroxyl groups is 1. The first kappa shape index (κ1) is 13.5. The van der Waals surface area contributed by atoms with Crippen LogP contribution in [0.4, 0.5) is 5.13 Å². The van der Waals surface area contributed by atoms with E-state index < -0.39 is 6.10 Å². The molecule has 0 aromatic carbocycles. The van der Waals surface area contributed by atoms with E-state index in [1.165, 1.54) is 11.3 Å². The van der Waals surface area contributed by atoms with Crippen LogP contribution in [0.1, 0.15) is 57.7 Å². The van der Waals surface area contributed by atoms with Crippen molar-refractivity contribution in [2.75, 3.05) is 5.32 Å². The van der Waals surface area contributed by atoms with Crippen LogP contribution in [-0.4, -0.2) is 16.0 Å². The Hall–Kier alpha value is -0.940. The van der Waals surface area contributed by atoms with Gasteiger partial charge in [0.2, 0.25) is 5.91 Å². The maximum absolute atomic E-state index is 12.3. The molecule has 1 aliphatic carbocycles. The molecular formula is C13H20N2O2S. The molecule has 5 heteroatoms. The Morgan fingerprint density at radius 1 is 1.61 bits per heavy atom. The summed E-state index contributed by atoms with van der Waals surface area (Å²) in [4.78, 5) is 16.6. The Labute approximate surface area is 111 Å². The van der Waals surface area contributed by atoms with Gasteiger partial charge in [-0.3, -0.25) is 4.79 Å². The van der Waals surface area contributed by atoms with Gasteiger partial charge in [-0.2, -0.15) is 0 Å². The van der Waals surface area contributed by atoms with Crippen molar-refractivity contribution in [3.8, 4) is 0 Å². The van der Waals surface area contributed by atoms with Crippen LogP contribution in [0.3, 0.4) is 0 Å². The Morgan fingerprint density at radius 2 is 2.28 bits per heavy atom. The summed E-state index contributed by atoms with van der Waals surface area (Å²) in [6.45, 7) is 3.75. The lowest BCUT2D eigenvalue weighted by atomic mass is 9.82. The minimum absolute atomic E-state index is 0.0917. The van der Waals surface area contributed by atoms with Crippen LogP contribution in [0.15, 0.2) is 5.38 Å². The first-order valence-corrected chi connectivity index (χ1v) is 7.40. The lowest BCUT2D eigenvalue weighted by Crippen LogP contribution is -2.33. The van der Waals surface area contributed by atoms with E-state index in [-0.39, 0.29) is 11.3 Å². The Kier molecular flexibility index (Phi) is 4.02. The fraction of sp³-hybridized carbons (Fsp3) is 0.692. The number of nitrogens with one attached hydrogen (secondary N) is 1. The highest BCUT2D eigenvalue weighted by atomic mass is 32.1. The standard InChI is InChI=1S/C13H20N2O2S/c1-3-13(6-4-5-7-13)11(17)15-12-14-10(8-18-12)9(2)16/h8-9,16H,3-7H2,1-2H3,(H,14,15,17). The third-order valence-corrected chi connectivity index (χ3v) is 4.67. The second-order valence-corrected chi connectivity index (χ2v) is 5.91. The summed E-state index contributed by atoms with van der Waals surface area (Å²) in [5.41, 5.74) is 0.420. The SMILES string of the molecule is CCC1(C(=O)Nc2nc(C(C)O)cs2)CCCC1. The van der Waals surface area contributed by atoms with Crippen molar-refractivity contribution in [2.45, 2.75) is 52.1 Å². The molecule has 1 aliphatic rings. The zero-order chi connectivity index (χ0) is 13.2. The fourth-order valence-corrected chi connectivity index (χ4v) is 3.35. The van der Waals surface area contributed by atoms with Crippen molar-refractivity contribution in [2.24, 2.45) is 5.41 Å². The van der Waals surface area contributed by atoms with Gasteiger partial charge in [0.25, 0.3) is 0 Å². The molecule has 1 aromatic rings. The predicted molar refractivity (Wildman–Crippen MR) is 72.6 cm³/mol. The maximum atomic E-state index is 12.3. The summed E-state index contributed by atoms with van der Waals surface area (Å²) < 4.78 is 0. The van der Waals surface area contributed by atoms with E-state index in [2.05, 4.69) is 17.2 Å². The highest BCUT2D eigenvalue weighted by Gasteiger charge is 2.39. The van der Waals surface area contributed by atoms with Gasteiger partial charge in [-0.25, -0.2) is 4.98 Å². The monoisotopic (exact) mass is 268 g/mol. The molecule has 1 fully saturated rings. The van der Waals surface area contributed by atoms with Gasteiger partial charge in [-0.1, -0.05) is 19.8 Å². The first-order valence-electron chi connectivity index (χ1n) is 6.52. The molecule has 0 radical (unpaired) electrons. The molecular weight excluding hydrogens is 248 g/mol. The van der Waals surface area contributed by atoms with Crippen molar-refractivity contribution in [3.63, 3.8) is 0 Å². The van der Waals surface area contributed by atoms with Gasteiger partial charge in [0.05, 0.1) is 11.8 Å². The smallest absolute Gasteiger partial charge is 0.232 e. The van der Waals surface area contributed by atoms with Crippen molar-refractivity contribution in [1.29, 1.82) is 0 Å². The number of rotatable bonds is 4. The summed E-state index contributed by atoms with van der Waals surface area (Å²) in [6, 6.07) is 0. The van der Waals surface area contributed by atoms with Crippen LogP contribution in [0.2, 0.25) is 0 Å². The van der Waals surface area contributed by atoms with Crippen LogP contribution < -0.4 is 5.32 Å². The maximum Gasteiger partial charge on any atom is 0.232 e. The second kappa shape index (κ2) is 5.36. The molecule has 1 heterocycles. The molecule has 4 nitrogen and oxygen atoms in total. The van der Waals surface area contributed by atoms with Gasteiger partial charge >= 0.3 is 0 Å². The molecule has 2 N–H and O–H groups in total. The van der Waals surface area contributed by atoms with E-state index in [0.29, 0.717) is 10.8 Å². The van der Waals surface area contributed by atoms with E-state index in [0.717, 1.165) is 32.1 Å². The number of nitrogens with zero attached hydrogens (tertiary/aromatic N) is 1. The molecule has 1 atom stereocenters.